The van der Waals surface area contributed by atoms with Gasteiger partial charge in [-0.05, 0) is 43.5 Å². The van der Waals surface area contributed by atoms with Crippen molar-refractivity contribution in [3.8, 4) is 11.8 Å². The second-order valence-electron chi connectivity index (χ2n) is 3.37. The van der Waals surface area contributed by atoms with Crippen LogP contribution in [0.5, 0.6) is 5.75 Å². The Balaban J connectivity index is 2.35. The molecule has 0 saturated carbocycles. The Kier molecular flexibility index (Phi) is 4.62. The Bertz CT molecular complexity index is 357. The summed E-state index contributed by atoms with van der Waals surface area (Å²) in [5.41, 5.74) is 0.801. The SMILES string of the molecule is Cc1cc(F)ccc1OCCCCC#N. The van der Waals surface area contributed by atoms with Crippen LogP contribution in [0.2, 0.25) is 0 Å². The molecule has 15 heavy (non-hydrogen) atoms. The van der Waals surface area contributed by atoms with Crippen molar-refractivity contribution in [3.05, 3.63) is 29.6 Å². The van der Waals surface area contributed by atoms with E-state index in [1.807, 2.05) is 6.92 Å². The molecular formula is C12H14FNO. The van der Waals surface area contributed by atoms with Gasteiger partial charge in [0.25, 0.3) is 0 Å². The number of halogens is 1. The average molecular weight is 207 g/mol. The zero-order valence-corrected chi connectivity index (χ0v) is 8.79. The number of unbranched alkanes of at least 4 members (excludes halogenated alkanes) is 2. The van der Waals surface area contributed by atoms with Crippen LogP contribution < -0.4 is 4.74 Å². The molecular weight excluding hydrogens is 193 g/mol. The maximum Gasteiger partial charge on any atom is 0.123 e. The summed E-state index contributed by atoms with van der Waals surface area (Å²) in [6.07, 6.45) is 2.26. The Morgan fingerprint density at radius 1 is 1.40 bits per heavy atom. The summed E-state index contributed by atoms with van der Waals surface area (Å²) >= 11 is 0. The standard InChI is InChI=1S/C12H14FNO/c1-10-9-11(13)5-6-12(10)15-8-4-2-3-7-14/h5-6,9H,2-4,8H2,1H3. The third kappa shape index (κ3) is 3.99. The molecule has 0 unspecified atom stereocenters. The Morgan fingerprint density at radius 3 is 2.87 bits per heavy atom. The van der Waals surface area contributed by atoms with Gasteiger partial charge in [0.05, 0.1) is 12.7 Å². The summed E-state index contributed by atoms with van der Waals surface area (Å²) in [7, 11) is 0. The van der Waals surface area contributed by atoms with Crippen LogP contribution in [0.3, 0.4) is 0 Å². The Labute approximate surface area is 89.3 Å². The number of hydrogen-bond acceptors (Lipinski definition) is 2. The van der Waals surface area contributed by atoms with Gasteiger partial charge >= 0.3 is 0 Å². The largest absolute Gasteiger partial charge is 0.493 e. The number of nitrogens with zero attached hydrogens (tertiary/aromatic N) is 1. The molecule has 2 nitrogen and oxygen atoms in total. The molecule has 1 rings (SSSR count). The molecule has 0 amide bonds. The summed E-state index contributed by atoms with van der Waals surface area (Å²) in [5, 5.41) is 8.32. The first-order chi connectivity index (χ1) is 7.24. The van der Waals surface area contributed by atoms with E-state index in [2.05, 4.69) is 6.07 Å². The van der Waals surface area contributed by atoms with E-state index in [0.717, 1.165) is 18.4 Å². The van der Waals surface area contributed by atoms with Crippen LogP contribution >= 0.6 is 0 Å². The fourth-order valence-electron chi connectivity index (χ4n) is 1.26. The number of benzene rings is 1. The molecule has 1 aromatic rings. The van der Waals surface area contributed by atoms with E-state index in [9.17, 15) is 4.39 Å². The van der Waals surface area contributed by atoms with Gasteiger partial charge in [0.1, 0.15) is 11.6 Å². The molecule has 0 spiro atoms. The van der Waals surface area contributed by atoms with Gasteiger partial charge in [-0.25, -0.2) is 4.39 Å². The fourth-order valence-corrected chi connectivity index (χ4v) is 1.26. The summed E-state index contributed by atoms with van der Waals surface area (Å²) in [6.45, 7) is 2.39. The van der Waals surface area contributed by atoms with Gasteiger partial charge in [-0.1, -0.05) is 0 Å². The second-order valence-corrected chi connectivity index (χ2v) is 3.37. The predicted molar refractivity (Wildman–Crippen MR) is 56.1 cm³/mol. The number of ether oxygens (including phenoxy) is 1. The molecule has 0 radical (unpaired) electrons. The van der Waals surface area contributed by atoms with Crippen molar-refractivity contribution >= 4 is 0 Å². The van der Waals surface area contributed by atoms with E-state index in [4.69, 9.17) is 10.00 Å². The number of hydrogen-bond donors (Lipinski definition) is 0. The van der Waals surface area contributed by atoms with Gasteiger partial charge in [0, 0.05) is 6.42 Å². The first kappa shape index (κ1) is 11.5. The highest BCUT2D eigenvalue weighted by Crippen LogP contribution is 2.18. The first-order valence-electron chi connectivity index (χ1n) is 5.00. The first-order valence-corrected chi connectivity index (χ1v) is 5.00. The van der Waals surface area contributed by atoms with Crippen molar-refractivity contribution < 1.29 is 9.13 Å². The van der Waals surface area contributed by atoms with Crippen LogP contribution in [0.15, 0.2) is 18.2 Å². The van der Waals surface area contributed by atoms with Crippen molar-refractivity contribution in [2.24, 2.45) is 0 Å². The zero-order chi connectivity index (χ0) is 11.1. The Hall–Kier alpha value is -1.56. The van der Waals surface area contributed by atoms with Crippen molar-refractivity contribution in [2.75, 3.05) is 6.61 Å². The van der Waals surface area contributed by atoms with Gasteiger partial charge in [-0.15, -0.1) is 0 Å². The number of rotatable bonds is 5. The van der Waals surface area contributed by atoms with Gasteiger partial charge in [-0.2, -0.15) is 5.26 Å². The lowest BCUT2D eigenvalue weighted by Crippen LogP contribution is -1.98. The third-order valence-electron chi connectivity index (χ3n) is 2.08. The van der Waals surface area contributed by atoms with Crippen molar-refractivity contribution in [1.82, 2.24) is 0 Å². The summed E-state index contributed by atoms with van der Waals surface area (Å²) in [4.78, 5) is 0. The highest BCUT2D eigenvalue weighted by Gasteiger charge is 2.00. The average Bonchev–Trinajstić information content (AvgIpc) is 2.20. The van der Waals surface area contributed by atoms with Crippen LogP contribution in [0.4, 0.5) is 4.39 Å². The van der Waals surface area contributed by atoms with E-state index in [1.54, 1.807) is 6.07 Å². The normalized spacial score (nSPS) is 9.67. The molecule has 80 valence electrons. The molecule has 0 heterocycles. The summed E-state index contributed by atoms with van der Waals surface area (Å²) in [5.74, 6) is 0.470. The predicted octanol–water partition coefficient (Wildman–Crippen LogP) is 3.21. The maximum absolute atomic E-state index is 12.7. The highest BCUT2D eigenvalue weighted by molar-refractivity contribution is 5.32. The van der Waals surface area contributed by atoms with E-state index >= 15 is 0 Å². The lowest BCUT2D eigenvalue weighted by Gasteiger charge is -2.08. The van der Waals surface area contributed by atoms with Crippen LogP contribution in [0.25, 0.3) is 0 Å². The van der Waals surface area contributed by atoms with E-state index < -0.39 is 0 Å². The fraction of sp³-hybridized carbons (Fsp3) is 0.417. The van der Waals surface area contributed by atoms with Crippen molar-refractivity contribution in [2.45, 2.75) is 26.2 Å². The summed E-state index contributed by atoms with van der Waals surface area (Å²) < 4.78 is 18.2. The molecule has 0 saturated heterocycles. The van der Waals surface area contributed by atoms with Crippen LogP contribution in [-0.2, 0) is 0 Å². The maximum atomic E-state index is 12.7. The quantitative estimate of drug-likeness (QED) is 0.694. The Morgan fingerprint density at radius 2 is 2.20 bits per heavy atom. The molecule has 0 atom stereocenters. The number of nitriles is 1. The molecule has 0 aliphatic heterocycles. The molecule has 0 N–H and O–H groups in total. The van der Waals surface area contributed by atoms with E-state index in [-0.39, 0.29) is 5.82 Å². The molecule has 0 aliphatic carbocycles. The van der Waals surface area contributed by atoms with E-state index in [0.29, 0.717) is 18.8 Å². The minimum absolute atomic E-state index is 0.246. The zero-order valence-electron chi connectivity index (χ0n) is 8.79. The molecule has 0 aliphatic rings. The second kappa shape index (κ2) is 6.02. The van der Waals surface area contributed by atoms with Gasteiger partial charge in [0.2, 0.25) is 0 Å². The lowest BCUT2D eigenvalue weighted by atomic mass is 10.2. The molecule has 1 aromatic carbocycles. The van der Waals surface area contributed by atoms with Crippen molar-refractivity contribution in [1.29, 1.82) is 5.26 Å². The molecule has 0 bridgehead atoms. The molecule has 0 fully saturated rings. The van der Waals surface area contributed by atoms with Gasteiger partial charge in [0.15, 0.2) is 0 Å². The van der Waals surface area contributed by atoms with E-state index in [1.165, 1.54) is 12.1 Å². The highest BCUT2D eigenvalue weighted by atomic mass is 19.1. The van der Waals surface area contributed by atoms with Crippen LogP contribution in [0.1, 0.15) is 24.8 Å². The monoisotopic (exact) mass is 207 g/mol. The third-order valence-corrected chi connectivity index (χ3v) is 2.08. The lowest BCUT2D eigenvalue weighted by molar-refractivity contribution is 0.305. The number of aryl methyl sites for hydroxylation is 1. The van der Waals surface area contributed by atoms with Gasteiger partial charge < -0.3 is 4.74 Å². The van der Waals surface area contributed by atoms with Crippen LogP contribution in [-0.4, -0.2) is 6.61 Å². The topological polar surface area (TPSA) is 33.0 Å². The minimum Gasteiger partial charge on any atom is -0.493 e. The molecule has 0 aromatic heterocycles. The summed E-state index contributed by atoms with van der Waals surface area (Å²) in [6, 6.07) is 6.55. The minimum atomic E-state index is -0.246. The smallest absolute Gasteiger partial charge is 0.123 e. The van der Waals surface area contributed by atoms with Crippen molar-refractivity contribution in [3.63, 3.8) is 0 Å². The van der Waals surface area contributed by atoms with Crippen LogP contribution in [0, 0.1) is 24.1 Å². The van der Waals surface area contributed by atoms with Gasteiger partial charge in [-0.3, -0.25) is 0 Å². The molecule has 3 heteroatoms.